The molecule has 0 aliphatic carbocycles. The molecule has 0 radical (unpaired) electrons. The average molecular weight is 229 g/mol. The van der Waals surface area contributed by atoms with Gasteiger partial charge >= 0.3 is 5.63 Å². The Balaban J connectivity index is 2.47. The van der Waals surface area contributed by atoms with E-state index in [-0.39, 0.29) is 5.56 Å². The molecule has 0 aliphatic heterocycles. The normalized spacial score (nSPS) is 10.1. The molecular formula is C13H11NO3. The van der Waals surface area contributed by atoms with Crippen molar-refractivity contribution in [2.75, 3.05) is 6.54 Å². The molecule has 0 saturated heterocycles. The van der Waals surface area contributed by atoms with Crippen molar-refractivity contribution >= 4 is 16.9 Å². The Hall–Kier alpha value is -2.36. The zero-order chi connectivity index (χ0) is 12.3. The topological polar surface area (TPSA) is 59.3 Å². The molecule has 2 aromatic rings. The van der Waals surface area contributed by atoms with E-state index in [1.807, 2.05) is 6.07 Å². The lowest BCUT2D eigenvalue weighted by Crippen LogP contribution is -2.28. The molecule has 1 aromatic carbocycles. The standard InChI is InChI=1S/C13H11NO3/c1-2-7-14-12(15)10-8-9-5-3-4-6-11(9)17-13(10)16/h2-6,8H,1,7H2,(H,14,15). The van der Waals surface area contributed by atoms with Gasteiger partial charge in [0.15, 0.2) is 0 Å². The quantitative estimate of drug-likeness (QED) is 0.643. The molecule has 4 heteroatoms. The SMILES string of the molecule is C=CCNC(=O)c1cc2ccccc2oc1=O. The fourth-order valence-corrected chi connectivity index (χ4v) is 1.48. The van der Waals surface area contributed by atoms with E-state index >= 15 is 0 Å². The summed E-state index contributed by atoms with van der Waals surface area (Å²) in [6, 6.07) is 8.57. The second kappa shape index (κ2) is 4.65. The fourth-order valence-electron chi connectivity index (χ4n) is 1.48. The maximum absolute atomic E-state index is 11.6. The second-order valence-electron chi connectivity index (χ2n) is 3.48. The van der Waals surface area contributed by atoms with Gasteiger partial charge in [-0.1, -0.05) is 24.3 Å². The van der Waals surface area contributed by atoms with Crippen LogP contribution in [0.15, 0.2) is 52.2 Å². The molecule has 0 aliphatic rings. The predicted molar refractivity (Wildman–Crippen MR) is 65.0 cm³/mol. The first kappa shape index (κ1) is 11.1. The third kappa shape index (κ3) is 2.25. The number of nitrogens with one attached hydrogen (secondary N) is 1. The van der Waals surface area contributed by atoms with Crippen LogP contribution in [0, 0.1) is 0 Å². The van der Waals surface area contributed by atoms with Gasteiger partial charge in [0.05, 0.1) is 0 Å². The summed E-state index contributed by atoms with van der Waals surface area (Å²) >= 11 is 0. The fraction of sp³-hybridized carbons (Fsp3) is 0.0769. The van der Waals surface area contributed by atoms with Gasteiger partial charge in [0.2, 0.25) is 0 Å². The molecule has 0 unspecified atom stereocenters. The highest BCUT2D eigenvalue weighted by atomic mass is 16.4. The highest BCUT2D eigenvalue weighted by Gasteiger charge is 2.12. The van der Waals surface area contributed by atoms with Crippen LogP contribution < -0.4 is 10.9 Å². The number of rotatable bonds is 3. The second-order valence-corrected chi connectivity index (χ2v) is 3.48. The summed E-state index contributed by atoms with van der Waals surface area (Å²) in [7, 11) is 0. The molecule has 1 heterocycles. The molecule has 4 nitrogen and oxygen atoms in total. The Morgan fingerprint density at radius 3 is 2.94 bits per heavy atom. The first-order valence-electron chi connectivity index (χ1n) is 5.14. The lowest BCUT2D eigenvalue weighted by Gasteiger charge is -2.02. The lowest BCUT2D eigenvalue weighted by atomic mass is 10.2. The number of amides is 1. The van der Waals surface area contributed by atoms with E-state index in [4.69, 9.17) is 4.42 Å². The summed E-state index contributed by atoms with van der Waals surface area (Å²) in [6.07, 6.45) is 1.54. The largest absolute Gasteiger partial charge is 0.422 e. The Labute approximate surface area is 97.6 Å². The molecule has 86 valence electrons. The summed E-state index contributed by atoms with van der Waals surface area (Å²) in [5.74, 6) is -0.454. The minimum Gasteiger partial charge on any atom is -0.422 e. The third-order valence-electron chi connectivity index (χ3n) is 2.29. The van der Waals surface area contributed by atoms with E-state index in [1.54, 1.807) is 24.3 Å². The summed E-state index contributed by atoms with van der Waals surface area (Å²) < 4.78 is 5.05. The molecule has 0 spiro atoms. The van der Waals surface area contributed by atoms with E-state index in [2.05, 4.69) is 11.9 Å². The van der Waals surface area contributed by atoms with Crippen LogP contribution in [0.2, 0.25) is 0 Å². The van der Waals surface area contributed by atoms with Gasteiger partial charge in [-0.3, -0.25) is 4.79 Å². The van der Waals surface area contributed by atoms with Crippen LogP contribution in [-0.2, 0) is 0 Å². The van der Waals surface area contributed by atoms with Crippen LogP contribution in [0.4, 0.5) is 0 Å². The van der Waals surface area contributed by atoms with Crippen LogP contribution in [0.25, 0.3) is 11.0 Å². The van der Waals surface area contributed by atoms with Gasteiger partial charge in [0.25, 0.3) is 5.91 Å². The van der Waals surface area contributed by atoms with E-state index in [0.717, 1.165) is 5.39 Å². The highest BCUT2D eigenvalue weighted by molar-refractivity contribution is 5.96. The minimum atomic E-state index is -0.634. The van der Waals surface area contributed by atoms with Crippen molar-refractivity contribution in [3.05, 3.63) is 59.0 Å². The van der Waals surface area contributed by atoms with Crippen molar-refractivity contribution in [2.24, 2.45) is 0 Å². The van der Waals surface area contributed by atoms with Crippen molar-refractivity contribution in [3.8, 4) is 0 Å². The predicted octanol–water partition coefficient (Wildman–Crippen LogP) is 1.71. The number of fused-ring (bicyclic) bond motifs is 1. The highest BCUT2D eigenvalue weighted by Crippen LogP contribution is 2.12. The molecule has 1 N–H and O–H groups in total. The van der Waals surface area contributed by atoms with E-state index in [0.29, 0.717) is 12.1 Å². The molecule has 0 atom stereocenters. The number of para-hydroxylation sites is 1. The summed E-state index contributed by atoms with van der Waals surface area (Å²) in [4.78, 5) is 23.2. The number of carbonyl (C=O) groups excluding carboxylic acids is 1. The Bertz CT molecular complexity index is 628. The minimum absolute atomic E-state index is 0.00514. The Morgan fingerprint density at radius 1 is 1.41 bits per heavy atom. The third-order valence-corrected chi connectivity index (χ3v) is 2.29. The van der Waals surface area contributed by atoms with Crippen LogP contribution in [0.1, 0.15) is 10.4 Å². The molecule has 17 heavy (non-hydrogen) atoms. The number of hydrogen-bond donors (Lipinski definition) is 1. The number of hydrogen-bond acceptors (Lipinski definition) is 3. The van der Waals surface area contributed by atoms with Crippen molar-refractivity contribution < 1.29 is 9.21 Å². The van der Waals surface area contributed by atoms with Gasteiger partial charge in [-0.2, -0.15) is 0 Å². The van der Waals surface area contributed by atoms with Crippen LogP contribution in [0.5, 0.6) is 0 Å². The summed E-state index contributed by atoms with van der Waals surface area (Å²) in [5, 5.41) is 3.26. The van der Waals surface area contributed by atoms with Gasteiger partial charge < -0.3 is 9.73 Å². The van der Waals surface area contributed by atoms with Crippen LogP contribution in [-0.4, -0.2) is 12.5 Å². The maximum atomic E-state index is 11.6. The van der Waals surface area contributed by atoms with Gasteiger partial charge in [0.1, 0.15) is 11.1 Å². The molecule has 0 saturated carbocycles. The lowest BCUT2D eigenvalue weighted by molar-refractivity contribution is 0.0954. The number of carbonyl (C=O) groups is 1. The van der Waals surface area contributed by atoms with Gasteiger partial charge in [-0.05, 0) is 12.1 Å². The van der Waals surface area contributed by atoms with Crippen molar-refractivity contribution in [3.63, 3.8) is 0 Å². The molecular weight excluding hydrogens is 218 g/mol. The maximum Gasteiger partial charge on any atom is 0.349 e. The molecule has 2 rings (SSSR count). The van der Waals surface area contributed by atoms with Crippen LogP contribution >= 0.6 is 0 Å². The van der Waals surface area contributed by atoms with E-state index in [1.165, 1.54) is 6.07 Å². The van der Waals surface area contributed by atoms with Gasteiger partial charge in [-0.25, -0.2) is 4.79 Å². The summed E-state index contributed by atoms with van der Waals surface area (Å²) in [5.41, 5.74) is -0.159. The monoisotopic (exact) mass is 229 g/mol. The Morgan fingerprint density at radius 2 is 2.18 bits per heavy atom. The molecule has 1 aromatic heterocycles. The first-order chi connectivity index (χ1) is 8.22. The van der Waals surface area contributed by atoms with Gasteiger partial charge in [0, 0.05) is 11.9 Å². The van der Waals surface area contributed by atoms with Crippen molar-refractivity contribution in [2.45, 2.75) is 0 Å². The molecule has 0 bridgehead atoms. The van der Waals surface area contributed by atoms with Crippen LogP contribution in [0.3, 0.4) is 0 Å². The zero-order valence-corrected chi connectivity index (χ0v) is 9.10. The smallest absolute Gasteiger partial charge is 0.349 e. The van der Waals surface area contributed by atoms with Crippen molar-refractivity contribution in [1.29, 1.82) is 0 Å². The average Bonchev–Trinajstić information content (AvgIpc) is 2.35. The molecule has 0 fully saturated rings. The number of benzene rings is 1. The molecule has 1 amide bonds. The zero-order valence-electron chi connectivity index (χ0n) is 9.10. The summed E-state index contributed by atoms with van der Waals surface area (Å²) in [6.45, 7) is 3.79. The Kier molecular flexibility index (Phi) is 3.05. The first-order valence-corrected chi connectivity index (χ1v) is 5.14. The van der Waals surface area contributed by atoms with Crippen molar-refractivity contribution in [1.82, 2.24) is 5.32 Å². The van der Waals surface area contributed by atoms with Gasteiger partial charge in [-0.15, -0.1) is 6.58 Å². The van der Waals surface area contributed by atoms with E-state index in [9.17, 15) is 9.59 Å². The van der Waals surface area contributed by atoms with E-state index < -0.39 is 11.5 Å².